The highest BCUT2D eigenvalue weighted by atomic mass is 31.1. The van der Waals surface area contributed by atoms with Crippen molar-refractivity contribution in [2.24, 2.45) is 0 Å². The van der Waals surface area contributed by atoms with Crippen LogP contribution in [0.4, 0.5) is 0 Å². The second kappa shape index (κ2) is 8.77. The van der Waals surface area contributed by atoms with Gasteiger partial charge in [0.25, 0.3) is 0 Å². The minimum atomic E-state index is -2.15. The summed E-state index contributed by atoms with van der Waals surface area (Å²) in [7, 11) is -2.15. The molecule has 0 unspecified atom stereocenters. The van der Waals surface area contributed by atoms with Crippen LogP contribution in [0.1, 0.15) is 31.8 Å². The van der Waals surface area contributed by atoms with E-state index in [0.717, 1.165) is 0 Å². The quantitative estimate of drug-likeness (QED) is 0.335. The molecule has 0 fully saturated rings. The molecule has 0 atom stereocenters. The summed E-state index contributed by atoms with van der Waals surface area (Å²) in [6, 6.07) is 31.6. The molecule has 0 amide bonds. The lowest BCUT2D eigenvalue weighted by molar-refractivity contribution is 0.103. The van der Waals surface area contributed by atoms with Crippen molar-refractivity contribution in [1.82, 2.24) is 0 Å². The molecule has 3 nitrogen and oxygen atoms in total. The van der Waals surface area contributed by atoms with E-state index in [-0.39, 0.29) is 11.6 Å². The SMILES string of the molecule is O=C(c1ccccc1)c1ccccc1[P](=O)c1ccccc1C(=O)c1ccccc1. The first kappa shape index (κ1) is 19.6. The Morgan fingerprint density at radius 1 is 0.467 bits per heavy atom. The fraction of sp³-hybridized carbons (Fsp3) is 0. The van der Waals surface area contributed by atoms with E-state index >= 15 is 0 Å². The van der Waals surface area contributed by atoms with Gasteiger partial charge >= 0.3 is 0 Å². The van der Waals surface area contributed by atoms with Crippen LogP contribution in [0.15, 0.2) is 109 Å². The topological polar surface area (TPSA) is 51.2 Å². The summed E-state index contributed by atoms with van der Waals surface area (Å²) in [5, 5.41) is 0.851. The smallest absolute Gasteiger partial charge is 0.194 e. The molecule has 4 rings (SSSR count). The maximum absolute atomic E-state index is 13.6. The van der Waals surface area contributed by atoms with E-state index in [1.54, 1.807) is 97.1 Å². The molecule has 0 spiro atoms. The van der Waals surface area contributed by atoms with Crippen LogP contribution >= 0.6 is 7.80 Å². The third-order valence-electron chi connectivity index (χ3n) is 4.81. The zero-order chi connectivity index (χ0) is 20.9. The minimum Gasteiger partial charge on any atom is -0.289 e. The first-order valence-corrected chi connectivity index (χ1v) is 10.8. The number of rotatable bonds is 6. The molecule has 4 heteroatoms. The lowest BCUT2D eigenvalue weighted by Gasteiger charge is -2.11. The van der Waals surface area contributed by atoms with E-state index in [1.165, 1.54) is 0 Å². The van der Waals surface area contributed by atoms with Gasteiger partial charge in [-0.2, -0.15) is 0 Å². The molecule has 0 saturated carbocycles. The average molecular weight is 409 g/mol. The Hall–Kier alpha value is -3.68. The first-order valence-electron chi connectivity index (χ1n) is 9.51. The molecule has 0 aromatic heterocycles. The van der Waals surface area contributed by atoms with Crippen molar-refractivity contribution in [3.05, 3.63) is 131 Å². The molecule has 0 bridgehead atoms. The molecule has 1 radical (unpaired) electrons. The Balaban J connectivity index is 1.77. The van der Waals surface area contributed by atoms with E-state index in [9.17, 15) is 14.2 Å². The molecule has 4 aromatic rings. The summed E-state index contributed by atoms with van der Waals surface area (Å²) in [6.45, 7) is 0. The van der Waals surface area contributed by atoms with Crippen molar-refractivity contribution < 1.29 is 14.2 Å². The van der Waals surface area contributed by atoms with Gasteiger partial charge in [-0.1, -0.05) is 84.9 Å². The lowest BCUT2D eigenvalue weighted by Crippen LogP contribution is -2.20. The Morgan fingerprint density at radius 3 is 1.20 bits per heavy atom. The average Bonchev–Trinajstić information content (AvgIpc) is 2.84. The normalized spacial score (nSPS) is 10.4. The number of hydrogen-bond acceptors (Lipinski definition) is 3. The molecule has 0 saturated heterocycles. The van der Waals surface area contributed by atoms with E-state index in [4.69, 9.17) is 0 Å². The van der Waals surface area contributed by atoms with Gasteiger partial charge in [-0.05, 0) is 24.3 Å². The highest BCUT2D eigenvalue weighted by Crippen LogP contribution is 2.26. The van der Waals surface area contributed by atoms with Crippen molar-refractivity contribution in [3.63, 3.8) is 0 Å². The van der Waals surface area contributed by atoms with Crippen LogP contribution in [-0.4, -0.2) is 11.6 Å². The number of hydrogen-bond donors (Lipinski definition) is 0. The van der Waals surface area contributed by atoms with Crippen molar-refractivity contribution in [2.45, 2.75) is 0 Å². The zero-order valence-electron chi connectivity index (χ0n) is 16.1. The highest BCUT2D eigenvalue weighted by Gasteiger charge is 2.23. The maximum Gasteiger partial charge on any atom is 0.194 e. The summed E-state index contributed by atoms with van der Waals surface area (Å²) in [4.78, 5) is 26.1. The Morgan fingerprint density at radius 2 is 0.800 bits per heavy atom. The van der Waals surface area contributed by atoms with Crippen molar-refractivity contribution >= 4 is 30.0 Å². The third-order valence-corrected chi connectivity index (χ3v) is 6.46. The first-order chi connectivity index (χ1) is 14.7. The number of carbonyl (C=O) groups excluding carboxylic acids is 2. The summed E-state index contributed by atoms with van der Waals surface area (Å²) in [5.41, 5.74) is 1.82. The van der Waals surface area contributed by atoms with Gasteiger partial charge in [-0.3, -0.25) is 14.2 Å². The van der Waals surface area contributed by atoms with Crippen LogP contribution in [0.5, 0.6) is 0 Å². The van der Waals surface area contributed by atoms with Crippen LogP contribution in [0, 0.1) is 0 Å². The van der Waals surface area contributed by atoms with Gasteiger partial charge in [-0.25, -0.2) is 0 Å². The van der Waals surface area contributed by atoms with E-state index in [2.05, 4.69) is 0 Å². The monoisotopic (exact) mass is 409 g/mol. The number of carbonyl (C=O) groups is 2. The van der Waals surface area contributed by atoms with E-state index < -0.39 is 7.80 Å². The van der Waals surface area contributed by atoms with E-state index in [1.807, 2.05) is 12.1 Å². The molecular formula is C26H18O3P. The standard InChI is InChI=1S/C26H18O3P/c27-25(19-11-3-1-4-12-19)21-15-7-9-17-23(21)30(29)24-18-10-8-16-22(24)26(28)20-13-5-2-6-14-20/h1-18H. The summed E-state index contributed by atoms with van der Waals surface area (Å²) in [6.07, 6.45) is 0. The second-order valence-corrected chi connectivity index (χ2v) is 8.27. The molecule has 0 heterocycles. The van der Waals surface area contributed by atoms with Gasteiger partial charge in [-0.15, -0.1) is 0 Å². The summed E-state index contributed by atoms with van der Waals surface area (Å²) >= 11 is 0. The number of benzene rings is 4. The van der Waals surface area contributed by atoms with E-state index in [0.29, 0.717) is 32.9 Å². The van der Waals surface area contributed by atoms with Crippen molar-refractivity contribution in [2.75, 3.05) is 0 Å². The Labute approximate surface area is 175 Å². The van der Waals surface area contributed by atoms with Gasteiger partial charge in [0.15, 0.2) is 11.6 Å². The molecule has 0 aliphatic heterocycles. The second-order valence-electron chi connectivity index (χ2n) is 6.72. The van der Waals surface area contributed by atoms with Gasteiger partial charge in [0.2, 0.25) is 0 Å². The molecule has 0 aliphatic carbocycles. The van der Waals surface area contributed by atoms with Gasteiger partial charge < -0.3 is 0 Å². The summed E-state index contributed by atoms with van der Waals surface area (Å²) < 4.78 is 13.6. The van der Waals surface area contributed by atoms with Crippen molar-refractivity contribution in [3.8, 4) is 0 Å². The highest BCUT2D eigenvalue weighted by molar-refractivity contribution is 7.61. The molecule has 30 heavy (non-hydrogen) atoms. The van der Waals surface area contributed by atoms with Gasteiger partial charge in [0.1, 0.15) is 7.80 Å². The lowest BCUT2D eigenvalue weighted by atomic mass is 10.0. The third kappa shape index (κ3) is 3.89. The number of ketones is 2. The molecule has 145 valence electrons. The van der Waals surface area contributed by atoms with Gasteiger partial charge in [0, 0.05) is 32.9 Å². The molecule has 0 N–H and O–H groups in total. The molecule has 4 aromatic carbocycles. The van der Waals surface area contributed by atoms with Crippen LogP contribution in [0.25, 0.3) is 0 Å². The van der Waals surface area contributed by atoms with Crippen LogP contribution in [0.3, 0.4) is 0 Å². The van der Waals surface area contributed by atoms with Gasteiger partial charge in [0.05, 0.1) is 0 Å². The predicted molar refractivity (Wildman–Crippen MR) is 120 cm³/mol. The fourth-order valence-corrected chi connectivity index (χ4v) is 4.80. The van der Waals surface area contributed by atoms with Crippen LogP contribution in [-0.2, 0) is 4.57 Å². The Bertz CT molecular complexity index is 1130. The maximum atomic E-state index is 13.6. The Kier molecular flexibility index (Phi) is 5.74. The molecule has 0 aliphatic rings. The largest absolute Gasteiger partial charge is 0.289 e. The predicted octanol–water partition coefficient (Wildman–Crippen LogP) is 4.93. The molecular weight excluding hydrogens is 391 g/mol. The fourth-order valence-electron chi connectivity index (χ4n) is 3.31. The van der Waals surface area contributed by atoms with Crippen molar-refractivity contribution in [1.29, 1.82) is 0 Å². The minimum absolute atomic E-state index is 0.193. The van der Waals surface area contributed by atoms with Crippen LogP contribution < -0.4 is 10.6 Å². The zero-order valence-corrected chi connectivity index (χ0v) is 17.0. The van der Waals surface area contributed by atoms with Crippen LogP contribution in [0.2, 0.25) is 0 Å². The summed E-state index contributed by atoms with van der Waals surface area (Å²) in [5.74, 6) is -0.386.